The highest BCUT2D eigenvalue weighted by atomic mass is 31.1. The lowest BCUT2D eigenvalue weighted by Crippen LogP contribution is -2.25. The molecule has 1 aromatic carbocycles. The van der Waals surface area contributed by atoms with Crippen LogP contribution in [0.3, 0.4) is 0 Å². The molecule has 0 radical (unpaired) electrons. The van der Waals surface area contributed by atoms with Gasteiger partial charge in [-0.05, 0) is 35.8 Å². The molecule has 3 rings (SSSR count). The Labute approximate surface area is 153 Å². The van der Waals surface area contributed by atoms with Crippen LogP contribution < -0.4 is 19.3 Å². The second kappa shape index (κ2) is 8.58. The van der Waals surface area contributed by atoms with E-state index in [9.17, 15) is 9.46 Å². The maximum absolute atomic E-state index is 10.6. The first-order valence-corrected chi connectivity index (χ1v) is 9.61. The van der Waals surface area contributed by atoms with E-state index in [-0.39, 0.29) is 12.5 Å². The highest BCUT2D eigenvalue weighted by molar-refractivity contribution is 7.30. The average Bonchev–Trinajstić information content (AvgIpc) is 2.90. The molecule has 1 aliphatic heterocycles. The van der Waals surface area contributed by atoms with Crippen molar-refractivity contribution in [3.63, 3.8) is 0 Å². The fourth-order valence-corrected chi connectivity index (χ4v) is 3.66. The fourth-order valence-electron chi connectivity index (χ4n) is 3.33. The van der Waals surface area contributed by atoms with Crippen molar-refractivity contribution in [2.24, 2.45) is 5.92 Å². The number of ether oxygens (including phenoxy) is 2. The van der Waals surface area contributed by atoms with Crippen molar-refractivity contribution in [2.75, 3.05) is 38.8 Å². The van der Waals surface area contributed by atoms with Gasteiger partial charge in [-0.2, -0.15) is 0 Å². The zero-order valence-corrected chi connectivity index (χ0v) is 15.8. The molecule has 2 heterocycles. The molecule has 0 aliphatic carbocycles. The molecule has 0 saturated carbocycles. The smallest absolute Gasteiger partial charge is 0.488 e. The van der Waals surface area contributed by atoms with Crippen LogP contribution in [-0.4, -0.2) is 43.9 Å². The Kier molecular flexibility index (Phi) is 6.19. The molecule has 1 aliphatic rings. The van der Waals surface area contributed by atoms with Crippen molar-refractivity contribution in [3.05, 3.63) is 18.5 Å². The minimum Gasteiger partial charge on any atom is -0.566 e. The first-order valence-electron chi connectivity index (χ1n) is 8.51. The van der Waals surface area contributed by atoms with Crippen molar-refractivity contribution >= 4 is 25.0 Å². The third kappa shape index (κ3) is 4.20. The van der Waals surface area contributed by atoms with Gasteiger partial charge in [0.25, 0.3) is 0 Å². The summed E-state index contributed by atoms with van der Waals surface area (Å²) in [7, 11) is 0.414. The van der Waals surface area contributed by atoms with E-state index < -0.39 is 8.25 Å². The quantitative estimate of drug-likeness (QED) is 0.706. The largest absolute Gasteiger partial charge is 0.566 e. The molecule has 1 saturated heterocycles. The van der Waals surface area contributed by atoms with Gasteiger partial charge in [-0.3, -0.25) is 0 Å². The third-order valence-electron chi connectivity index (χ3n) is 4.68. The average molecular weight is 379 g/mol. The lowest BCUT2D eigenvalue weighted by atomic mass is 10.0. The molecule has 8 nitrogen and oxygen atoms in total. The number of anilines is 1. The van der Waals surface area contributed by atoms with Crippen molar-refractivity contribution in [2.45, 2.75) is 19.3 Å². The van der Waals surface area contributed by atoms with Gasteiger partial charge >= 0.3 is 8.25 Å². The summed E-state index contributed by atoms with van der Waals surface area (Å²) in [5.74, 6) is 2.35. The van der Waals surface area contributed by atoms with Crippen LogP contribution in [0, 0.1) is 5.92 Å². The number of rotatable bonds is 6. The van der Waals surface area contributed by atoms with Gasteiger partial charge in [0.1, 0.15) is 18.8 Å². The van der Waals surface area contributed by atoms with Crippen LogP contribution in [0.1, 0.15) is 19.3 Å². The number of fused-ring (bicyclic) bond motifs is 1. The van der Waals surface area contributed by atoms with Gasteiger partial charge in [-0.15, -0.1) is 4.52 Å². The molecule has 140 valence electrons. The first kappa shape index (κ1) is 18.8. The Morgan fingerprint density at radius 2 is 1.96 bits per heavy atom. The number of methoxy groups -OCH3 is 2. The van der Waals surface area contributed by atoms with Crippen molar-refractivity contribution in [1.82, 2.24) is 9.97 Å². The summed E-state index contributed by atoms with van der Waals surface area (Å²) in [4.78, 5) is 21.7. The fraction of sp³-hybridized carbons (Fsp3) is 0.529. The number of aromatic nitrogens is 2. The summed E-state index contributed by atoms with van der Waals surface area (Å²) >= 11 is 0. The van der Waals surface area contributed by atoms with E-state index in [0.717, 1.165) is 49.1 Å². The Balaban J connectivity index is 1.84. The van der Waals surface area contributed by atoms with E-state index in [1.54, 1.807) is 20.5 Å². The Bertz CT molecular complexity index is 788. The van der Waals surface area contributed by atoms with Crippen LogP contribution in [0.15, 0.2) is 18.5 Å². The molecule has 9 heteroatoms. The minimum atomic E-state index is -2.78. The number of benzene rings is 1. The monoisotopic (exact) mass is 379 g/mol. The SMILES string of the molecule is COc1cc2ncnc(N3CCCC(CO[P+](=O)[O-])CC3)c2cc1OC. The van der Waals surface area contributed by atoms with Crippen molar-refractivity contribution in [3.8, 4) is 11.5 Å². The van der Waals surface area contributed by atoms with E-state index in [2.05, 4.69) is 14.9 Å². The van der Waals surface area contributed by atoms with Crippen molar-refractivity contribution in [1.29, 1.82) is 0 Å². The Morgan fingerprint density at radius 3 is 2.69 bits per heavy atom. The number of hydrogen-bond donors (Lipinski definition) is 0. The van der Waals surface area contributed by atoms with Crippen LogP contribution in [-0.2, 0) is 9.09 Å². The molecule has 2 aromatic rings. The maximum Gasteiger partial charge on any atom is 0.488 e. The van der Waals surface area contributed by atoms with Gasteiger partial charge in [0, 0.05) is 24.5 Å². The van der Waals surface area contributed by atoms with Crippen molar-refractivity contribution < 1.29 is 23.5 Å². The number of nitrogens with zero attached hydrogens (tertiary/aromatic N) is 3. The molecule has 1 aromatic heterocycles. The zero-order chi connectivity index (χ0) is 18.5. The van der Waals surface area contributed by atoms with Crippen LogP contribution in [0.2, 0.25) is 0 Å². The van der Waals surface area contributed by atoms with E-state index in [0.29, 0.717) is 11.5 Å². The lowest BCUT2D eigenvalue weighted by Gasteiger charge is -2.23. The molecule has 0 N–H and O–H groups in total. The minimum absolute atomic E-state index is 0.232. The van der Waals surface area contributed by atoms with Crippen LogP contribution in [0.25, 0.3) is 10.9 Å². The topological polar surface area (TPSA) is 96.8 Å². The number of hydrogen-bond acceptors (Lipinski definition) is 8. The Morgan fingerprint density at radius 1 is 1.19 bits per heavy atom. The molecular formula is C17H22N3O5P. The molecule has 2 atom stereocenters. The van der Waals surface area contributed by atoms with Crippen LogP contribution in [0.5, 0.6) is 11.5 Å². The molecule has 0 amide bonds. The van der Waals surface area contributed by atoms with E-state index in [1.807, 2.05) is 12.1 Å². The second-order valence-electron chi connectivity index (χ2n) is 6.22. The molecule has 0 spiro atoms. The summed E-state index contributed by atoms with van der Waals surface area (Å²) in [5, 5.41) is 0.905. The van der Waals surface area contributed by atoms with E-state index in [1.165, 1.54) is 0 Å². The standard InChI is InChI=1S/C17H22N3O5P/c1-23-15-8-13-14(9-16(15)24-2)18-11-19-17(13)20-6-3-4-12(5-7-20)10-25-26(21)22/h8-9,11-12H,3-7,10H2,1-2H3. The molecular weight excluding hydrogens is 357 g/mol. The maximum atomic E-state index is 10.6. The van der Waals surface area contributed by atoms with E-state index >= 15 is 0 Å². The highest BCUT2D eigenvalue weighted by Gasteiger charge is 2.22. The van der Waals surface area contributed by atoms with Gasteiger partial charge < -0.3 is 19.3 Å². The summed E-state index contributed by atoms with van der Waals surface area (Å²) in [6.45, 7) is 1.88. The normalized spacial score (nSPS) is 18.5. The van der Waals surface area contributed by atoms with Gasteiger partial charge in [0.2, 0.25) is 0 Å². The predicted molar refractivity (Wildman–Crippen MR) is 95.8 cm³/mol. The predicted octanol–water partition coefficient (Wildman–Crippen LogP) is 2.29. The molecule has 2 unspecified atom stereocenters. The van der Waals surface area contributed by atoms with Gasteiger partial charge in [0.15, 0.2) is 11.5 Å². The first-order chi connectivity index (χ1) is 12.6. The summed E-state index contributed by atoms with van der Waals surface area (Å²) < 4.78 is 26.2. The molecule has 0 bridgehead atoms. The summed E-state index contributed by atoms with van der Waals surface area (Å²) in [6, 6.07) is 3.75. The lowest BCUT2D eigenvalue weighted by molar-refractivity contribution is -0.186. The summed E-state index contributed by atoms with van der Waals surface area (Å²) in [6.07, 6.45) is 4.28. The Hall–Kier alpha value is -2.02. The van der Waals surface area contributed by atoms with E-state index in [4.69, 9.17) is 14.0 Å². The van der Waals surface area contributed by atoms with Crippen LogP contribution in [0.4, 0.5) is 5.82 Å². The zero-order valence-electron chi connectivity index (χ0n) is 14.9. The van der Waals surface area contributed by atoms with Gasteiger partial charge in [-0.1, -0.05) is 0 Å². The van der Waals surface area contributed by atoms with Gasteiger partial charge in [0.05, 0.1) is 19.7 Å². The van der Waals surface area contributed by atoms with Gasteiger partial charge in [-0.25, -0.2) is 9.97 Å². The third-order valence-corrected chi connectivity index (χ3v) is 5.04. The van der Waals surface area contributed by atoms with Crippen LogP contribution >= 0.6 is 8.25 Å². The summed E-state index contributed by atoms with van der Waals surface area (Å²) in [5.41, 5.74) is 0.792. The second-order valence-corrected chi connectivity index (χ2v) is 6.93. The highest BCUT2D eigenvalue weighted by Crippen LogP contribution is 2.35. The molecule has 1 fully saturated rings. The molecule has 26 heavy (non-hydrogen) atoms.